The van der Waals surface area contributed by atoms with Gasteiger partial charge in [0.1, 0.15) is 4.32 Å². The third-order valence-electron chi connectivity index (χ3n) is 2.13. The molecule has 0 atom stereocenters. The van der Waals surface area contributed by atoms with Gasteiger partial charge in [-0.3, -0.25) is 14.9 Å². The summed E-state index contributed by atoms with van der Waals surface area (Å²) in [6, 6.07) is 3.86. The van der Waals surface area contributed by atoms with Crippen molar-refractivity contribution in [3.63, 3.8) is 0 Å². The number of halogens is 1. The standard InChI is InChI=1S/C11H12ClN3O3S2/c1-14(2)11(19)20-6-10(16)13-9-5-7(15(17)18)3-4-8(9)12/h3-5H,6H2,1-2H3,(H,13,16). The zero-order chi connectivity index (χ0) is 15.3. The molecule has 0 unspecified atom stereocenters. The van der Waals surface area contributed by atoms with Gasteiger partial charge < -0.3 is 10.2 Å². The van der Waals surface area contributed by atoms with Crippen LogP contribution in [-0.4, -0.2) is 39.9 Å². The number of hydrogen-bond acceptors (Lipinski definition) is 5. The third-order valence-corrected chi connectivity index (χ3v) is 4.19. The fourth-order valence-electron chi connectivity index (χ4n) is 1.17. The number of carbonyl (C=O) groups excluding carboxylic acids is 1. The van der Waals surface area contributed by atoms with Gasteiger partial charge in [0.15, 0.2) is 0 Å². The number of amides is 1. The van der Waals surface area contributed by atoms with Gasteiger partial charge in [-0.2, -0.15) is 0 Å². The van der Waals surface area contributed by atoms with Crippen LogP contribution in [0.3, 0.4) is 0 Å². The molecule has 0 heterocycles. The Bertz CT molecular complexity index is 552. The summed E-state index contributed by atoms with van der Waals surface area (Å²) in [6.07, 6.45) is 0. The number of nitro groups is 1. The molecule has 0 aliphatic rings. The van der Waals surface area contributed by atoms with Crippen molar-refractivity contribution in [1.82, 2.24) is 4.90 Å². The number of rotatable bonds is 4. The van der Waals surface area contributed by atoms with E-state index in [1.807, 2.05) is 0 Å². The van der Waals surface area contributed by atoms with Crippen molar-refractivity contribution < 1.29 is 9.72 Å². The van der Waals surface area contributed by atoms with Crippen molar-refractivity contribution in [2.75, 3.05) is 25.2 Å². The number of thiocarbonyl (C=S) groups is 1. The molecule has 1 aromatic rings. The predicted molar refractivity (Wildman–Crippen MR) is 85.5 cm³/mol. The van der Waals surface area contributed by atoms with E-state index in [9.17, 15) is 14.9 Å². The number of non-ortho nitro benzene ring substituents is 1. The smallest absolute Gasteiger partial charge is 0.271 e. The minimum absolute atomic E-state index is 0.107. The summed E-state index contributed by atoms with van der Waals surface area (Å²) in [6.45, 7) is 0. The van der Waals surface area contributed by atoms with Gasteiger partial charge in [-0.1, -0.05) is 35.6 Å². The fourth-order valence-corrected chi connectivity index (χ4v) is 2.09. The first-order chi connectivity index (χ1) is 9.31. The van der Waals surface area contributed by atoms with E-state index < -0.39 is 4.92 Å². The number of hydrogen-bond donors (Lipinski definition) is 1. The van der Waals surface area contributed by atoms with E-state index in [1.54, 1.807) is 19.0 Å². The lowest BCUT2D eigenvalue weighted by atomic mass is 10.3. The highest BCUT2D eigenvalue weighted by molar-refractivity contribution is 8.23. The van der Waals surface area contributed by atoms with Crippen LogP contribution in [0.1, 0.15) is 0 Å². The van der Waals surface area contributed by atoms with Gasteiger partial charge in [0.25, 0.3) is 5.69 Å². The highest BCUT2D eigenvalue weighted by Crippen LogP contribution is 2.26. The zero-order valence-electron chi connectivity index (χ0n) is 10.8. The van der Waals surface area contributed by atoms with Crippen molar-refractivity contribution in [3.05, 3.63) is 33.3 Å². The molecule has 0 aromatic heterocycles. The Morgan fingerprint density at radius 1 is 1.55 bits per heavy atom. The Hall–Kier alpha value is -1.38. The molecule has 1 N–H and O–H groups in total. The summed E-state index contributed by atoms with van der Waals surface area (Å²) in [5, 5.41) is 13.4. The molecule has 108 valence electrons. The SMILES string of the molecule is CN(C)C(=S)SCC(=O)Nc1cc([N+](=O)[O-])ccc1Cl. The Kier molecular flexibility index (Phi) is 6.18. The molecule has 0 saturated carbocycles. The summed E-state index contributed by atoms with van der Waals surface area (Å²) in [5.41, 5.74) is 0.0726. The number of benzene rings is 1. The Balaban J connectivity index is 2.68. The second kappa shape index (κ2) is 7.41. The lowest BCUT2D eigenvalue weighted by molar-refractivity contribution is -0.384. The Labute approximate surface area is 130 Å². The maximum absolute atomic E-state index is 11.7. The zero-order valence-corrected chi connectivity index (χ0v) is 13.1. The maximum Gasteiger partial charge on any atom is 0.271 e. The van der Waals surface area contributed by atoms with Crippen molar-refractivity contribution in [2.24, 2.45) is 0 Å². The van der Waals surface area contributed by atoms with Crippen molar-refractivity contribution in [3.8, 4) is 0 Å². The van der Waals surface area contributed by atoms with Gasteiger partial charge in [0.2, 0.25) is 5.91 Å². The van der Waals surface area contributed by atoms with Crippen LogP contribution in [-0.2, 0) is 4.79 Å². The van der Waals surface area contributed by atoms with Gasteiger partial charge in [0.05, 0.1) is 21.4 Å². The van der Waals surface area contributed by atoms with Crippen molar-refractivity contribution in [1.29, 1.82) is 0 Å². The lowest BCUT2D eigenvalue weighted by Gasteiger charge is -2.12. The molecule has 0 aliphatic carbocycles. The van der Waals surface area contributed by atoms with Crippen molar-refractivity contribution >= 4 is 57.2 Å². The number of anilines is 1. The first-order valence-electron chi connectivity index (χ1n) is 5.39. The fraction of sp³-hybridized carbons (Fsp3) is 0.273. The second-order valence-corrected chi connectivity index (χ2v) is 5.93. The average molecular weight is 334 g/mol. The molecule has 0 bridgehead atoms. The van der Waals surface area contributed by atoms with Crippen LogP contribution in [0.25, 0.3) is 0 Å². The minimum Gasteiger partial charge on any atom is -0.364 e. The average Bonchev–Trinajstić information content (AvgIpc) is 2.38. The van der Waals surface area contributed by atoms with E-state index in [2.05, 4.69) is 5.32 Å². The summed E-state index contributed by atoms with van der Waals surface area (Å²) in [5.74, 6) is -0.225. The molecule has 1 amide bonds. The Morgan fingerprint density at radius 2 is 2.20 bits per heavy atom. The molecule has 0 saturated heterocycles. The van der Waals surface area contributed by atoms with Crippen LogP contribution in [0.5, 0.6) is 0 Å². The number of thioether (sulfide) groups is 1. The maximum atomic E-state index is 11.7. The molecule has 0 aliphatic heterocycles. The van der Waals surface area contributed by atoms with Crippen LogP contribution in [0.4, 0.5) is 11.4 Å². The topological polar surface area (TPSA) is 75.5 Å². The van der Waals surface area contributed by atoms with E-state index in [4.69, 9.17) is 23.8 Å². The summed E-state index contributed by atoms with van der Waals surface area (Å²) in [7, 11) is 3.56. The third kappa shape index (κ3) is 4.95. The highest BCUT2D eigenvalue weighted by Gasteiger charge is 2.13. The molecule has 0 radical (unpaired) electrons. The van der Waals surface area contributed by atoms with Gasteiger partial charge in [0, 0.05) is 26.2 Å². The van der Waals surface area contributed by atoms with Crippen LogP contribution >= 0.6 is 35.6 Å². The monoisotopic (exact) mass is 333 g/mol. The van der Waals surface area contributed by atoms with Crippen molar-refractivity contribution in [2.45, 2.75) is 0 Å². The molecule has 20 heavy (non-hydrogen) atoms. The first-order valence-corrected chi connectivity index (χ1v) is 7.16. The number of nitrogens with zero attached hydrogens (tertiary/aromatic N) is 2. The van der Waals surface area contributed by atoms with Crippen LogP contribution in [0.15, 0.2) is 18.2 Å². The first kappa shape index (κ1) is 16.7. The van der Waals surface area contributed by atoms with Gasteiger partial charge in [-0.15, -0.1) is 0 Å². The highest BCUT2D eigenvalue weighted by atomic mass is 35.5. The molecule has 1 rings (SSSR count). The summed E-state index contributed by atoms with van der Waals surface area (Å²) in [4.78, 5) is 23.6. The van der Waals surface area contributed by atoms with E-state index in [1.165, 1.54) is 30.0 Å². The quantitative estimate of drug-likeness (QED) is 0.519. The lowest BCUT2D eigenvalue weighted by Crippen LogP contribution is -2.20. The molecule has 1 aromatic carbocycles. The number of carbonyl (C=O) groups is 1. The molecular weight excluding hydrogens is 322 g/mol. The molecule has 0 fully saturated rings. The van der Waals surface area contributed by atoms with E-state index in [-0.39, 0.29) is 28.1 Å². The van der Waals surface area contributed by atoms with Gasteiger partial charge >= 0.3 is 0 Å². The summed E-state index contributed by atoms with van der Waals surface area (Å²) < 4.78 is 0.574. The predicted octanol–water partition coefficient (Wildman–Crippen LogP) is 2.77. The van der Waals surface area contributed by atoms with E-state index >= 15 is 0 Å². The summed E-state index contributed by atoms with van der Waals surface area (Å²) >= 11 is 12.1. The van der Waals surface area contributed by atoms with Crippen LogP contribution in [0, 0.1) is 10.1 Å². The normalized spacial score (nSPS) is 9.95. The van der Waals surface area contributed by atoms with Crippen LogP contribution in [0.2, 0.25) is 5.02 Å². The van der Waals surface area contributed by atoms with E-state index in [0.717, 1.165) is 0 Å². The minimum atomic E-state index is -0.554. The number of nitrogens with one attached hydrogen (secondary N) is 1. The molecule has 0 spiro atoms. The molecular formula is C11H12ClN3O3S2. The number of nitro benzene ring substituents is 1. The van der Waals surface area contributed by atoms with E-state index in [0.29, 0.717) is 4.32 Å². The van der Waals surface area contributed by atoms with Gasteiger partial charge in [-0.05, 0) is 6.07 Å². The largest absolute Gasteiger partial charge is 0.364 e. The Morgan fingerprint density at radius 3 is 2.75 bits per heavy atom. The van der Waals surface area contributed by atoms with Crippen LogP contribution < -0.4 is 5.32 Å². The molecule has 9 heteroatoms. The molecule has 6 nitrogen and oxygen atoms in total. The van der Waals surface area contributed by atoms with Gasteiger partial charge in [-0.25, -0.2) is 0 Å². The second-order valence-electron chi connectivity index (χ2n) is 3.92.